The molecular weight excluding hydrogens is 246 g/mol. The number of hydrogen-bond donors (Lipinski definition) is 0. The minimum atomic E-state index is -0.148. The average molecular weight is 265 g/mol. The maximum absolute atomic E-state index is 11.8. The topological polar surface area (TPSA) is 59.8 Å². The van der Waals surface area contributed by atoms with Gasteiger partial charge < -0.3 is 14.1 Å². The van der Waals surface area contributed by atoms with E-state index in [1.165, 1.54) is 6.92 Å². The molecule has 1 unspecified atom stereocenters. The molecule has 1 aromatic heterocycles. The van der Waals surface area contributed by atoms with Crippen molar-refractivity contribution < 1.29 is 18.7 Å². The monoisotopic (exact) mass is 265 g/mol. The van der Waals surface area contributed by atoms with Crippen LogP contribution in [0.3, 0.4) is 0 Å². The fourth-order valence-corrected chi connectivity index (χ4v) is 2.32. The number of Topliss-reactive ketones (excluding diaryl/α,β-unsaturated/α-hetero) is 1. The van der Waals surface area contributed by atoms with E-state index >= 15 is 0 Å². The van der Waals surface area contributed by atoms with Crippen LogP contribution in [0.2, 0.25) is 0 Å². The summed E-state index contributed by atoms with van der Waals surface area (Å²) in [6.45, 7) is 5.11. The van der Waals surface area contributed by atoms with E-state index in [0.717, 1.165) is 19.4 Å². The van der Waals surface area contributed by atoms with Crippen molar-refractivity contribution in [3.05, 3.63) is 17.9 Å². The molecule has 1 saturated heterocycles. The first-order chi connectivity index (χ1) is 9.11. The van der Waals surface area contributed by atoms with Crippen molar-refractivity contribution in [2.45, 2.75) is 26.7 Å². The lowest BCUT2D eigenvalue weighted by atomic mass is 9.98. The predicted molar refractivity (Wildman–Crippen MR) is 70.3 cm³/mol. The summed E-state index contributed by atoms with van der Waals surface area (Å²) in [5.74, 6) is 0.655. The zero-order valence-electron chi connectivity index (χ0n) is 11.3. The molecule has 1 atom stereocenters. The molecule has 0 N–H and O–H groups in total. The molecule has 1 fully saturated rings. The second-order valence-corrected chi connectivity index (χ2v) is 4.73. The molecule has 0 radical (unpaired) electrons. The second-order valence-electron chi connectivity index (χ2n) is 4.73. The Hall–Kier alpha value is -1.78. The number of nitrogens with zero attached hydrogens (tertiary/aromatic N) is 1. The Morgan fingerprint density at radius 2 is 2.26 bits per heavy atom. The fourth-order valence-electron chi connectivity index (χ4n) is 2.32. The number of furan rings is 1. The number of anilines is 1. The number of ether oxygens (including phenoxy) is 1. The Kier molecular flexibility index (Phi) is 4.24. The highest BCUT2D eigenvalue weighted by Crippen LogP contribution is 2.26. The largest absolute Gasteiger partial charge is 0.466 e. The van der Waals surface area contributed by atoms with Crippen LogP contribution in [0.4, 0.5) is 5.88 Å². The van der Waals surface area contributed by atoms with E-state index in [1.54, 1.807) is 12.1 Å². The van der Waals surface area contributed by atoms with Gasteiger partial charge in [-0.3, -0.25) is 9.59 Å². The van der Waals surface area contributed by atoms with Gasteiger partial charge in [0.1, 0.15) is 0 Å². The summed E-state index contributed by atoms with van der Waals surface area (Å²) in [5, 5.41) is 0. The summed E-state index contributed by atoms with van der Waals surface area (Å²) in [6, 6.07) is 3.45. The van der Waals surface area contributed by atoms with E-state index in [0.29, 0.717) is 24.8 Å². The normalized spacial score (nSPS) is 19.3. The van der Waals surface area contributed by atoms with Gasteiger partial charge in [0.2, 0.25) is 0 Å². The van der Waals surface area contributed by atoms with Crippen molar-refractivity contribution in [3.8, 4) is 0 Å². The highest BCUT2D eigenvalue weighted by atomic mass is 16.5. The minimum absolute atomic E-state index is 0.0924. The third-order valence-corrected chi connectivity index (χ3v) is 3.29. The Bertz CT molecular complexity index is 466. The van der Waals surface area contributed by atoms with Crippen LogP contribution in [0.25, 0.3) is 0 Å². The molecule has 1 aromatic rings. The van der Waals surface area contributed by atoms with Crippen LogP contribution in [-0.4, -0.2) is 31.4 Å². The van der Waals surface area contributed by atoms with Gasteiger partial charge in [-0.15, -0.1) is 0 Å². The van der Waals surface area contributed by atoms with Crippen LogP contribution < -0.4 is 4.90 Å². The first-order valence-electron chi connectivity index (χ1n) is 6.64. The Labute approximate surface area is 112 Å². The molecule has 19 heavy (non-hydrogen) atoms. The van der Waals surface area contributed by atoms with Gasteiger partial charge in [-0.2, -0.15) is 0 Å². The molecule has 1 aliphatic rings. The smallest absolute Gasteiger partial charge is 0.310 e. The minimum Gasteiger partial charge on any atom is -0.466 e. The van der Waals surface area contributed by atoms with Gasteiger partial charge >= 0.3 is 5.97 Å². The average Bonchev–Trinajstić information content (AvgIpc) is 2.89. The maximum Gasteiger partial charge on any atom is 0.310 e. The van der Waals surface area contributed by atoms with Crippen molar-refractivity contribution >= 4 is 17.6 Å². The summed E-state index contributed by atoms with van der Waals surface area (Å²) in [6.07, 6.45) is 1.76. The lowest BCUT2D eigenvalue weighted by molar-refractivity contribution is -0.148. The number of piperidine rings is 1. The lowest BCUT2D eigenvalue weighted by Crippen LogP contribution is -2.39. The van der Waals surface area contributed by atoms with Crippen molar-refractivity contribution in [2.75, 3.05) is 24.6 Å². The van der Waals surface area contributed by atoms with E-state index in [1.807, 2.05) is 11.8 Å². The van der Waals surface area contributed by atoms with Crippen LogP contribution in [0.5, 0.6) is 0 Å². The van der Waals surface area contributed by atoms with Crippen molar-refractivity contribution in [1.29, 1.82) is 0 Å². The number of ketones is 1. The zero-order valence-corrected chi connectivity index (χ0v) is 11.3. The van der Waals surface area contributed by atoms with Gasteiger partial charge in [0.05, 0.1) is 12.5 Å². The number of carbonyl (C=O) groups excluding carboxylic acids is 2. The van der Waals surface area contributed by atoms with Crippen molar-refractivity contribution in [3.63, 3.8) is 0 Å². The van der Waals surface area contributed by atoms with Crippen molar-refractivity contribution in [2.24, 2.45) is 5.92 Å². The Morgan fingerprint density at radius 1 is 1.47 bits per heavy atom. The molecule has 5 heteroatoms. The molecule has 0 bridgehead atoms. The number of hydrogen-bond acceptors (Lipinski definition) is 5. The van der Waals surface area contributed by atoms with Crippen molar-refractivity contribution in [1.82, 2.24) is 0 Å². The molecule has 104 valence electrons. The zero-order chi connectivity index (χ0) is 13.8. The Morgan fingerprint density at radius 3 is 2.89 bits per heavy atom. The quantitative estimate of drug-likeness (QED) is 0.617. The van der Waals surface area contributed by atoms with Gasteiger partial charge in [-0.05, 0) is 25.8 Å². The van der Waals surface area contributed by atoms with Crippen LogP contribution >= 0.6 is 0 Å². The molecular formula is C14H19NO4. The van der Waals surface area contributed by atoms with Crippen LogP contribution in [-0.2, 0) is 9.53 Å². The van der Waals surface area contributed by atoms with Crippen LogP contribution in [0.15, 0.2) is 16.5 Å². The summed E-state index contributed by atoms with van der Waals surface area (Å²) < 4.78 is 10.6. The van der Waals surface area contributed by atoms with E-state index < -0.39 is 0 Å². The van der Waals surface area contributed by atoms with Gasteiger partial charge in [0, 0.05) is 26.1 Å². The number of carbonyl (C=O) groups is 2. The molecule has 0 aromatic carbocycles. The van der Waals surface area contributed by atoms with Crippen LogP contribution in [0, 0.1) is 5.92 Å². The summed E-state index contributed by atoms with van der Waals surface area (Å²) >= 11 is 0. The molecule has 2 heterocycles. The molecule has 1 aliphatic heterocycles. The fraction of sp³-hybridized carbons (Fsp3) is 0.571. The van der Waals surface area contributed by atoms with E-state index in [9.17, 15) is 9.59 Å². The third kappa shape index (κ3) is 3.16. The van der Waals surface area contributed by atoms with E-state index in [4.69, 9.17) is 9.15 Å². The molecule has 0 amide bonds. The highest BCUT2D eigenvalue weighted by molar-refractivity contribution is 5.91. The summed E-state index contributed by atoms with van der Waals surface area (Å²) in [4.78, 5) is 25.0. The van der Waals surface area contributed by atoms with E-state index in [2.05, 4.69) is 0 Å². The molecule has 2 rings (SSSR count). The predicted octanol–water partition coefficient (Wildman–Crippen LogP) is 2.26. The standard InChI is InChI=1S/C14H19NO4/c1-3-18-14(17)11-5-4-8-15(9-11)13-7-6-12(19-13)10(2)16/h6-7,11H,3-5,8-9H2,1-2H3. The first kappa shape index (κ1) is 13.6. The van der Waals surface area contributed by atoms with Crippen LogP contribution in [0.1, 0.15) is 37.2 Å². The Balaban J connectivity index is 2.03. The molecule has 0 spiro atoms. The maximum atomic E-state index is 11.8. The molecule has 0 aliphatic carbocycles. The highest BCUT2D eigenvalue weighted by Gasteiger charge is 2.28. The SMILES string of the molecule is CCOC(=O)C1CCCN(c2ccc(C(C)=O)o2)C1. The second kappa shape index (κ2) is 5.91. The molecule has 5 nitrogen and oxygen atoms in total. The summed E-state index contributed by atoms with van der Waals surface area (Å²) in [5.41, 5.74) is 0. The number of rotatable bonds is 4. The van der Waals surface area contributed by atoms with Gasteiger partial charge in [-0.1, -0.05) is 0 Å². The van der Waals surface area contributed by atoms with Gasteiger partial charge in [-0.25, -0.2) is 0 Å². The third-order valence-electron chi connectivity index (χ3n) is 3.29. The summed E-state index contributed by atoms with van der Waals surface area (Å²) in [7, 11) is 0. The van der Waals surface area contributed by atoms with Gasteiger partial charge in [0.15, 0.2) is 17.4 Å². The first-order valence-corrected chi connectivity index (χ1v) is 6.64. The van der Waals surface area contributed by atoms with Gasteiger partial charge in [0.25, 0.3) is 0 Å². The number of esters is 1. The lowest BCUT2D eigenvalue weighted by Gasteiger charge is -2.31. The molecule has 0 saturated carbocycles. The van der Waals surface area contributed by atoms with E-state index in [-0.39, 0.29) is 17.7 Å².